The van der Waals surface area contributed by atoms with Crippen LogP contribution in [-0.2, 0) is 18.9 Å². The van der Waals surface area contributed by atoms with Gasteiger partial charge in [-0.25, -0.2) is 0 Å². The molecule has 2 fully saturated rings. The zero-order valence-electron chi connectivity index (χ0n) is 15.5. The van der Waals surface area contributed by atoms with E-state index in [1.54, 1.807) is 27.7 Å². The van der Waals surface area contributed by atoms with E-state index in [4.69, 9.17) is 18.9 Å². The molecule has 1 aromatic rings. The van der Waals surface area contributed by atoms with Crippen LogP contribution in [-0.4, -0.2) is 58.9 Å². The lowest BCUT2D eigenvalue weighted by Gasteiger charge is -2.27. The summed E-state index contributed by atoms with van der Waals surface area (Å²) >= 11 is 0. The number of hydrogen-bond acceptors (Lipinski definition) is 6. The zero-order chi connectivity index (χ0) is 18.9. The van der Waals surface area contributed by atoms with Gasteiger partial charge in [0.05, 0.1) is 6.61 Å². The molecule has 0 bridgehead atoms. The molecule has 2 aliphatic rings. The number of hydrogen-bond donors (Lipinski definition) is 2. The first kappa shape index (κ1) is 19.3. The predicted molar refractivity (Wildman–Crippen MR) is 94.1 cm³/mol. The van der Waals surface area contributed by atoms with Crippen molar-refractivity contribution < 1.29 is 29.2 Å². The Morgan fingerprint density at radius 3 is 2.23 bits per heavy atom. The Labute approximate surface area is 154 Å². The fourth-order valence-corrected chi connectivity index (χ4v) is 3.18. The molecule has 5 atom stereocenters. The number of aliphatic hydroxyl groups excluding tert-OH is 2. The minimum absolute atomic E-state index is 0.243. The lowest BCUT2D eigenvalue weighted by molar-refractivity contribution is -0.179. The van der Waals surface area contributed by atoms with Gasteiger partial charge in [-0.3, -0.25) is 0 Å². The van der Waals surface area contributed by atoms with Gasteiger partial charge < -0.3 is 29.2 Å². The molecule has 0 aromatic heterocycles. The van der Waals surface area contributed by atoms with E-state index >= 15 is 0 Å². The van der Waals surface area contributed by atoms with Crippen LogP contribution in [0.5, 0.6) is 0 Å². The van der Waals surface area contributed by atoms with Crippen molar-refractivity contribution in [2.24, 2.45) is 0 Å². The van der Waals surface area contributed by atoms with Crippen molar-refractivity contribution in [3.63, 3.8) is 0 Å². The Hall–Kier alpha value is -1.46. The van der Waals surface area contributed by atoms with Crippen LogP contribution in [0, 0.1) is 11.8 Å². The van der Waals surface area contributed by atoms with Crippen molar-refractivity contribution >= 4 is 0 Å². The summed E-state index contributed by atoms with van der Waals surface area (Å²) in [6.45, 7) is 7.29. The third-order valence-corrected chi connectivity index (χ3v) is 4.36. The summed E-state index contributed by atoms with van der Waals surface area (Å²) in [7, 11) is 0. The van der Waals surface area contributed by atoms with Gasteiger partial charge >= 0.3 is 0 Å². The summed E-state index contributed by atoms with van der Waals surface area (Å²) in [5.41, 5.74) is 0.788. The van der Waals surface area contributed by atoms with Crippen molar-refractivity contribution in [2.45, 2.75) is 69.8 Å². The predicted octanol–water partition coefficient (Wildman–Crippen LogP) is 1.43. The summed E-state index contributed by atoms with van der Waals surface area (Å²) < 4.78 is 22.9. The summed E-state index contributed by atoms with van der Waals surface area (Å²) in [6.07, 6.45) is -4.29. The van der Waals surface area contributed by atoms with Crippen molar-refractivity contribution in [3.05, 3.63) is 35.9 Å². The van der Waals surface area contributed by atoms with Crippen LogP contribution in [0.15, 0.2) is 30.3 Å². The van der Waals surface area contributed by atoms with Crippen LogP contribution >= 0.6 is 0 Å². The molecule has 6 nitrogen and oxygen atoms in total. The topological polar surface area (TPSA) is 77.4 Å². The van der Waals surface area contributed by atoms with E-state index in [0.29, 0.717) is 0 Å². The highest BCUT2D eigenvalue weighted by molar-refractivity contribution is 5.34. The fraction of sp³-hybridized carbons (Fsp3) is 0.600. The molecule has 0 aliphatic carbocycles. The minimum atomic E-state index is -1.12. The molecule has 0 amide bonds. The van der Waals surface area contributed by atoms with E-state index < -0.39 is 42.1 Å². The lowest BCUT2D eigenvalue weighted by Crippen LogP contribution is -2.48. The van der Waals surface area contributed by atoms with Crippen LogP contribution in [0.3, 0.4) is 0 Å². The first-order valence-corrected chi connectivity index (χ1v) is 8.77. The maximum atomic E-state index is 10.7. The average Bonchev–Trinajstić information content (AvgIpc) is 3.12. The Morgan fingerprint density at radius 1 is 0.962 bits per heavy atom. The first-order valence-electron chi connectivity index (χ1n) is 8.77. The van der Waals surface area contributed by atoms with Gasteiger partial charge in [0.15, 0.2) is 11.6 Å². The highest BCUT2D eigenvalue weighted by atomic mass is 16.8. The molecule has 3 rings (SSSR count). The average molecular weight is 362 g/mol. The molecule has 2 saturated heterocycles. The monoisotopic (exact) mass is 362 g/mol. The maximum Gasteiger partial charge on any atom is 0.164 e. The Balaban J connectivity index is 1.75. The van der Waals surface area contributed by atoms with Crippen molar-refractivity contribution in [3.8, 4) is 11.8 Å². The molecule has 26 heavy (non-hydrogen) atoms. The smallest absolute Gasteiger partial charge is 0.164 e. The van der Waals surface area contributed by atoms with E-state index in [-0.39, 0.29) is 6.61 Å². The zero-order valence-corrected chi connectivity index (χ0v) is 15.5. The Morgan fingerprint density at radius 2 is 1.62 bits per heavy atom. The second kappa shape index (κ2) is 7.28. The minimum Gasteiger partial charge on any atom is -0.387 e. The Bertz CT molecular complexity index is 675. The van der Waals surface area contributed by atoms with Gasteiger partial charge in [0.1, 0.15) is 30.5 Å². The van der Waals surface area contributed by atoms with Gasteiger partial charge in [-0.1, -0.05) is 30.0 Å². The number of rotatable bonds is 3. The third-order valence-electron chi connectivity index (χ3n) is 4.36. The highest BCUT2D eigenvalue weighted by Crippen LogP contribution is 2.35. The van der Waals surface area contributed by atoms with Gasteiger partial charge in [0.25, 0.3) is 0 Å². The first-order chi connectivity index (χ1) is 12.2. The largest absolute Gasteiger partial charge is 0.387 e. The van der Waals surface area contributed by atoms with E-state index in [2.05, 4.69) is 11.8 Å². The molecule has 1 aromatic carbocycles. The van der Waals surface area contributed by atoms with Crippen molar-refractivity contribution in [1.82, 2.24) is 0 Å². The second-order valence-electron chi connectivity index (χ2n) is 7.50. The number of ether oxygens (including phenoxy) is 4. The van der Waals surface area contributed by atoms with E-state index in [0.717, 1.165) is 5.56 Å². The second-order valence-corrected chi connectivity index (χ2v) is 7.50. The summed E-state index contributed by atoms with van der Waals surface area (Å²) in [6, 6.07) is 9.36. The Kier molecular flexibility index (Phi) is 5.40. The summed E-state index contributed by atoms with van der Waals surface area (Å²) in [4.78, 5) is 0. The molecular weight excluding hydrogens is 336 g/mol. The standard InChI is InChI=1S/C20H26O6/c1-19(2)23-12-15(24-19)16(22)18-17(25-20(3,4)26-18)14(21)11-10-13-8-6-5-7-9-13/h5-9,14-18,21-22H,12H2,1-4H3/t14-,15+,16+,17+,18-/m0/s1. The van der Waals surface area contributed by atoms with Crippen LogP contribution < -0.4 is 0 Å². The van der Waals surface area contributed by atoms with Gasteiger partial charge in [-0.2, -0.15) is 0 Å². The molecule has 6 heteroatoms. The summed E-state index contributed by atoms with van der Waals surface area (Å²) in [5, 5.41) is 21.3. The molecule has 2 aliphatic heterocycles. The molecule has 142 valence electrons. The molecule has 2 N–H and O–H groups in total. The SMILES string of the molecule is CC1(C)O[C@@H]([C@H](O)[C@H]2COC(C)(C)O2)[C@@H]([C@@H](O)C#Cc2ccccc2)O1. The number of benzene rings is 1. The van der Waals surface area contributed by atoms with Crippen LogP contribution in [0.25, 0.3) is 0 Å². The quantitative estimate of drug-likeness (QED) is 0.792. The van der Waals surface area contributed by atoms with Gasteiger partial charge in [0.2, 0.25) is 0 Å². The molecule has 0 unspecified atom stereocenters. The maximum absolute atomic E-state index is 10.7. The van der Waals surface area contributed by atoms with Crippen molar-refractivity contribution in [1.29, 1.82) is 0 Å². The number of aliphatic hydroxyl groups is 2. The molecule has 0 saturated carbocycles. The molecular formula is C20H26O6. The molecule has 0 spiro atoms. The van der Waals surface area contributed by atoms with Gasteiger partial charge in [-0.05, 0) is 39.8 Å². The highest BCUT2D eigenvalue weighted by Gasteiger charge is 2.51. The molecule has 0 radical (unpaired) electrons. The molecule has 2 heterocycles. The van der Waals surface area contributed by atoms with Gasteiger partial charge in [0, 0.05) is 5.56 Å². The lowest BCUT2D eigenvalue weighted by atomic mass is 9.99. The van der Waals surface area contributed by atoms with Gasteiger partial charge in [-0.15, -0.1) is 0 Å². The fourth-order valence-electron chi connectivity index (χ4n) is 3.18. The van der Waals surface area contributed by atoms with Crippen LogP contribution in [0.1, 0.15) is 33.3 Å². The van der Waals surface area contributed by atoms with Crippen LogP contribution in [0.2, 0.25) is 0 Å². The van der Waals surface area contributed by atoms with E-state index in [1.165, 1.54) is 0 Å². The van der Waals surface area contributed by atoms with E-state index in [1.807, 2.05) is 30.3 Å². The van der Waals surface area contributed by atoms with E-state index in [9.17, 15) is 10.2 Å². The van der Waals surface area contributed by atoms with Crippen LogP contribution in [0.4, 0.5) is 0 Å². The third kappa shape index (κ3) is 4.44. The normalized spacial score (nSPS) is 31.8. The van der Waals surface area contributed by atoms with Crippen molar-refractivity contribution in [2.75, 3.05) is 6.61 Å². The summed E-state index contributed by atoms with van der Waals surface area (Å²) in [5.74, 6) is 4.00.